The molecule has 2 aromatic carbocycles. The highest BCUT2D eigenvalue weighted by Crippen LogP contribution is 2.25. The number of amides is 1. The molecule has 7 heteroatoms. The molecular weight excluding hydrogens is 364 g/mol. The molecule has 27 heavy (non-hydrogen) atoms. The number of ether oxygens (including phenoxy) is 2. The summed E-state index contributed by atoms with van der Waals surface area (Å²) in [7, 11) is 3.21. The van der Waals surface area contributed by atoms with Crippen molar-refractivity contribution in [2.75, 3.05) is 20.8 Å². The standard InChI is InChI=1S/C20H22N2O4S/c1-13(22-20(24)16-6-4-5-7-18(16)27-22)19(23)21-11-10-14-8-9-15(25-2)12-17(14)26-3/h4-9,12-13H,10-11H2,1-3H3,(H,21,23)/t13-/m0/s1. The highest BCUT2D eigenvalue weighted by molar-refractivity contribution is 7.14. The van der Waals surface area contributed by atoms with Crippen LogP contribution in [0.15, 0.2) is 47.3 Å². The van der Waals surface area contributed by atoms with E-state index in [1.54, 1.807) is 27.2 Å². The molecular formula is C20H22N2O4S. The summed E-state index contributed by atoms with van der Waals surface area (Å²) in [5.74, 6) is 1.26. The minimum Gasteiger partial charge on any atom is -0.497 e. The summed E-state index contributed by atoms with van der Waals surface area (Å²) >= 11 is 1.31. The third-order valence-corrected chi connectivity index (χ3v) is 5.66. The van der Waals surface area contributed by atoms with E-state index in [0.717, 1.165) is 21.8 Å². The zero-order chi connectivity index (χ0) is 19.4. The van der Waals surface area contributed by atoms with Gasteiger partial charge in [-0.1, -0.05) is 29.7 Å². The molecule has 1 heterocycles. The number of nitrogens with zero attached hydrogens (tertiary/aromatic N) is 1. The molecule has 0 aliphatic heterocycles. The summed E-state index contributed by atoms with van der Waals surface area (Å²) in [5, 5.41) is 3.55. The van der Waals surface area contributed by atoms with Crippen molar-refractivity contribution in [1.29, 1.82) is 0 Å². The Morgan fingerprint density at radius 3 is 2.67 bits per heavy atom. The van der Waals surface area contributed by atoms with E-state index in [1.807, 2.05) is 36.4 Å². The van der Waals surface area contributed by atoms with E-state index < -0.39 is 6.04 Å². The van der Waals surface area contributed by atoms with Gasteiger partial charge in [0.25, 0.3) is 5.56 Å². The van der Waals surface area contributed by atoms with Crippen LogP contribution in [0.25, 0.3) is 10.1 Å². The Morgan fingerprint density at radius 2 is 1.96 bits per heavy atom. The first kappa shape index (κ1) is 19.0. The van der Waals surface area contributed by atoms with Crippen LogP contribution >= 0.6 is 11.5 Å². The number of carbonyl (C=O) groups excluding carboxylic acids is 1. The number of methoxy groups -OCH3 is 2. The lowest BCUT2D eigenvalue weighted by Gasteiger charge is -2.14. The average Bonchev–Trinajstić information content (AvgIpc) is 3.04. The Kier molecular flexibility index (Phi) is 5.81. The molecule has 0 spiro atoms. The van der Waals surface area contributed by atoms with Crippen LogP contribution in [-0.2, 0) is 11.2 Å². The fourth-order valence-electron chi connectivity index (χ4n) is 2.88. The van der Waals surface area contributed by atoms with E-state index in [1.165, 1.54) is 15.5 Å². The lowest BCUT2D eigenvalue weighted by atomic mass is 10.1. The first-order valence-electron chi connectivity index (χ1n) is 8.64. The summed E-state index contributed by atoms with van der Waals surface area (Å²) in [6, 6.07) is 12.4. The first-order chi connectivity index (χ1) is 13.0. The van der Waals surface area contributed by atoms with Crippen LogP contribution < -0.4 is 20.3 Å². The predicted molar refractivity (Wildman–Crippen MR) is 107 cm³/mol. The smallest absolute Gasteiger partial charge is 0.269 e. The van der Waals surface area contributed by atoms with Crippen LogP contribution in [0.5, 0.6) is 11.5 Å². The van der Waals surface area contributed by atoms with Crippen molar-refractivity contribution >= 4 is 27.5 Å². The number of benzene rings is 2. The Labute approximate surface area is 161 Å². The molecule has 0 radical (unpaired) electrons. The second-order valence-corrected chi connectivity index (χ2v) is 7.13. The number of carbonyl (C=O) groups is 1. The molecule has 142 valence electrons. The van der Waals surface area contributed by atoms with Gasteiger partial charge in [-0.05, 0) is 37.1 Å². The van der Waals surface area contributed by atoms with Gasteiger partial charge in [0.05, 0.1) is 24.3 Å². The summed E-state index contributed by atoms with van der Waals surface area (Å²) < 4.78 is 13.0. The van der Waals surface area contributed by atoms with Gasteiger partial charge >= 0.3 is 0 Å². The molecule has 3 rings (SSSR count). The topological polar surface area (TPSA) is 69.6 Å². The van der Waals surface area contributed by atoms with Crippen molar-refractivity contribution in [3.63, 3.8) is 0 Å². The first-order valence-corrected chi connectivity index (χ1v) is 9.41. The van der Waals surface area contributed by atoms with Gasteiger partial charge in [0.2, 0.25) is 5.91 Å². The van der Waals surface area contributed by atoms with Gasteiger partial charge in [0, 0.05) is 12.6 Å². The number of hydrogen-bond acceptors (Lipinski definition) is 5. The minimum absolute atomic E-state index is 0.130. The van der Waals surface area contributed by atoms with Gasteiger partial charge in [-0.25, -0.2) is 0 Å². The number of aromatic nitrogens is 1. The maximum Gasteiger partial charge on any atom is 0.269 e. The molecule has 3 aromatic rings. The third kappa shape index (κ3) is 3.98. The zero-order valence-electron chi connectivity index (χ0n) is 15.5. The van der Waals surface area contributed by atoms with E-state index in [9.17, 15) is 9.59 Å². The Bertz CT molecular complexity index is 1010. The number of nitrogens with one attached hydrogen (secondary N) is 1. The van der Waals surface area contributed by atoms with E-state index in [0.29, 0.717) is 18.4 Å². The second-order valence-electron chi connectivity index (χ2n) is 6.11. The molecule has 0 aliphatic rings. The largest absolute Gasteiger partial charge is 0.497 e. The van der Waals surface area contributed by atoms with E-state index in [4.69, 9.17) is 9.47 Å². The Balaban J connectivity index is 1.65. The molecule has 1 amide bonds. The van der Waals surface area contributed by atoms with Gasteiger partial charge in [-0.3, -0.25) is 13.5 Å². The maximum atomic E-state index is 12.5. The lowest BCUT2D eigenvalue weighted by Crippen LogP contribution is -2.34. The van der Waals surface area contributed by atoms with Crippen molar-refractivity contribution in [2.24, 2.45) is 0 Å². The maximum absolute atomic E-state index is 12.5. The predicted octanol–water partition coefficient (Wildman–Crippen LogP) is 3.00. The number of rotatable bonds is 7. The highest BCUT2D eigenvalue weighted by Gasteiger charge is 2.19. The van der Waals surface area contributed by atoms with Gasteiger partial charge < -0.3 is 14.8 Å². The number of fused-ring (bicyclic) bond motifs is 1. The highest BCUT2D eigenvalue weighted by atomic mass is 32.1. The molecule has 0 fully saturated rings. The quantitative estimate of drug-likeness (QED) is 0.678. The monoisotopic (exact) mass is 386 g/mol. The van der Waals surface area contributed by atoms with Crippen LogP contribution in [-0.4, -0.2) is 30.6 Å². The summed E-state index contributed by atoms with van der Waals surface area (Å²) in [4.78, 5) is 25.0. The fourth-order valence-corrected chi connectivity index (χ4v) is 3.92. The van der Waals surface area contributed by atoms with Crippen LogP contribution in [0.2, 0.25) is 0 Å². The normalized spacial score (nSPS) is 12.0. The van der Waals surface area contributed by atoms with Gasteiger partial charge in [0.15, 0.2) is 0 Å². The second kappa shape index (κ2) is 8.26. The molecule has 0 aliphatic carbocycles. The van der Waals surface area contributed by atoms with E-state index >= 15 is 0 Å². The van der Waals surface area contributed by atoms with Crippen LogP contribution in [0.4, 0.5) is 0 Å². The van der Waals surface area contributed by atoms with Crippen molar-refractivity contribution in [3.8, 4) is 11.5 Å². The van der Waals surface area contributed by atoms with E-state index in [2.05, 4.69) is 5.32 Å². The molecule has 1 N–H and O–H groups in total. The molecule has 0 bridgehead atoms. The third-order valence-electron chi connectivity index (χ3n) is 4.43. The van der Waals surface area contributed by atoms with Crippen LogP contribution in [0.1, 0.15) is 18.5 Å². The molecule has 0 saturated carbocycles. The molecule has 1 aromatic heterocycles. The summed E-state index contributed by atoms with van der Waals surface area (Å²) in [5.41, 5.74) is 0.848. The Morgan fingerprint density at radius 1 is 1.19 bits per heavy atom. The summed E-state index contributed by atoms with van der Waals surface area (Å²) in [6.45, 7) is 2.19. The zero-order valence-corrected chi connectivity index (χ0v) is 16.3. The van der Waals surface area contributed by atoms with Gasteiger partial charge in [-0.15, -0.1) is 0 Å². The van der Waals surface area contributed by atoms with E-state index in [-0.39, 0.29) is 11.5 Å². The molecule has 1 atom stereocenters. The number of hydrogen-bond donors (Lipinski definition) is 1. The van der Waals surface area contributed by atoms with Crippen LogP contribution in [0, 0.1) is 0 Å². The van der Waals surface area contributed by atoms with Crippen molar-refractivity contribution in [3.05, 3.63) is 58.4 Å². The fraction of sp³-hybridized carbons (Fsp3) is 0.300. The van der Waals surface area contributed by atoms with Crippen molar-refractivity contribution in [1.82, 2.24) is 9.27 Å². The molecule has 0 saturated heterocycles. The summed E-state index contributed by atoms with van der Waals surface area (Å²) in [6.07, 6.45) is 0.618. The lowest BCUT2D eigenvalue weighted by molar-refractivity contribution is -0.123. The molecule has 6 nitrogen and oxygen atoms in total. The van der Waals surface area contributed by atoms with Crippen molar-refractivity contribution < 1.29 is 14.3 Å². The SMILES string of the molecule is COc1ccc(CCNC(=O)[C@H](C)n2sc3ccccc3c2=O)c(OC)c1. The average molecular weight is 386 g/mol. The van der Waals surface area contributed by atoms with Crippen molar-refractivity contribution in [2.45, 2.75) is 19.4 Å². The van der Waals surface area contributed by atoms with Gasteiger partial charge in [-0.2, -0.15) is 0 Å². The van der Waals surface area contributed by atoms with Crippen LogP contribution in [0.3, 0.4) is 0 Å². The Hall–Kier alpha value is -2.80. The molecule has 0 unspecified atom stereocenters. The van der Waals surface area contributed by atoms with Gasteiger partial charge in [0.1, 0.15) is 17.5 Å². The minimum atomic E-state index is -0.562.